The number of carbonyl (C=O) groups is 3. The van der Waals surface area contributed by atoms with E-state index in [1.54, 1.807) is 18.2 Å². The van der Waals surface area contributed by atoms with Gasteiger partial charge in [-0.1, -0.05) is 6.07 Å². The van der Waals surface area contributed by atoms with Gasteiger partial charge in [-0.05, 0) is 17.7 Å². The van der Waals surface area contributed by atoms with Gasteiger partial charge in [0.25, 0.3) is 11.8 Å². The summed E-state index contributed by atoms with van der Waals surface area (Å²) in [6.45, 7) is 2.03. The van der Waals surface area contributed by atoms with Gasteiger partial charge in [0.2, 0.25) is 5.91 Å². The van der Waals surface area contributed by atoms with E-state index in [-0.39, 0.29) is 22.0 Å². The molecule has 3 heterocycles. The molecule has 30 heavy (non-hydrogen) atoms. The summed E-state index contributed by atoms with van der Waals surface area (Å²) in [7, 11) is -3.56. The highest BCUT2D eigenvalue weighted by molar-refractivity contribution is 7.90. The standard InChI is InChI=1S/C19H18N2O7S2/c1-10(22)20-17-16-12(8-29-17)18(23)21(19(16)24)13(9-30(2,25)26)11-3-4-14-15(7-11)28-6-5-27-14/h3-4,7-8,13H,5-6,9H2,1-2H3,(H,20,22)/t13-/m1/s1. The predicted molar refractivity (Wildman–Crippen MR) is 109 cm³/mol. The number of thiophene rings is 1. The van der Waals surface area contributed by atoms with Gasteiger partial charge in [0.15, 0.2) is 11.5 Å². The highest BCUT2D eigenvalue weighted by Crippen LogP contribution is 2.41. The summed E-state index contributed by atoms with van der Waals surface area (Å²) in [5.74, 6) is -1.15. The van der Waals surface area contributed by atoms with Crippen LogP contribution < -0.4 is 14.8 Å². The van der Waals surface area contributed by atoms with Gasteiger partial charge in [0.1, 0.15) is 28.1 Å². The van der Waals surface area contributed by atoms with Gasteiger partial charge < -0.3 is 14.8 Å². The van der Waals surface area contributed by atoms with E-state index in [0.29, 0.717) is 30.3 Å². The zero-order valence-corrected chi connectivity index (χ0v) is 17.8. The topological polar surface area (TPSA) is 119 Å². The fraction of sp³-hybridized carbons (Fsp3) is 0.316. The molecule has 0 radical (unpaired) electrons. The van der Waals surface area contributed by atoms with Crippen LogP contribution in [0.15, 0.2) is 23.6 Å². The van der Waals surface area contributed by atoms with E-state index < -0.39 is 33.4 Å². The second kappa shape index (κ2) is 7.40. The van der Waals surface area contributed by atoms with Crippen LogP contribution in [0.4, 0.5) is 5.00 Å². The first kappa shape index (κ1) is 20.4. The molecule has 2 aromatic rings. The Morgan fingerprint density at radius 2 is 1.90 bits per heavy atom. The lowest BCUT2D eigenvalue weighted by Gasteiger charge is -2.27. The van der Waals surface area contributed by atoms with Crippen LogP contribution in [0.1, 0.15) is 39.2 Å². The SMILES string of the molecule is CC(=O)Nc1scc2c1C(=O)N([C@H](CS(C)(=O)=O)c1ccc3c(c1)OCCO3)C2=O. The van der Waals surface area contributed by atoms with Gasteiger partial charge in [-0.3, -0.25) is 19.3 Å². The van der Waals surface area contributed by atoms with Crippen molar-refractivity contribution >= 4 is 43.9 Å². The van der Waals surface area contributed by atoms with Crippen LogP contribution in [0, 0.1) is 0 Å². The number of ether oxygens (including phenoxy) is 2. The number of carbonyl (C=O) groups excluding carboxylic acids is 3. The van der Waals surface area contributed by atoms with Crippen molar-refractivity contribution in [2.24, 2.45) is 0 Å². The molecular weight excluding hydrogens is 432 g/mol. The lowest BCUT2D eigenvalue weighted by molar-refractivity contribution is -0.114. The lowest BCUT2D eigenvalue weighted by Crippen LogP contribution is -2.38. The Labute approximate surface area is 176 Å². The van der Waals surface area contributed by atoms with E-state index >= 15 is 0 Å². The third kappa shape index (κ3) is 3.65. The van der Waals surface area contributed by atoms with Gasteiger partial charge in [0, 0.05) is 18.6 Å². The Balaban J connectivity index is 1.77. The summed E-state index contributed by atoms with van der Waals surface area (Å²) < 4.78 is 35.3. The minimum Gasteiger partial charge on any atom is -0.486 e. The van der Waals surface area contributed by atoms with E-state index in [1.807, 2.05) is 0 Å². The molecular formula is C19H18N2O7S2. The molecule has 4 rings (SSSR count). The Bertz CT molecular complexity index is 1170. The predicted octanol–water partition coefficient (Wildman–Crippen LogP) is 1.86. The zero-order valence-electron chi connectivity index (χ0n) is 16.1. The fourth-order valence-corrected chi connectivity index (χ4v) is 5.37. The van der Waals surface area contributed by atoms with Crippen LogP contribution in [0.3, 0.4) is 0 Å². The minimum atomic E-state index is -3.56. The average molecular weight is 450 g/mol. The smallest absolute Gasteiger partial charge is 0.265 e. The molecule has 0 saturated heterocycles. The molecule has 0 unspecified atom stereocenters. The Hall–Kier alpha value is -2.92. The van der Waals surface area contributed by atoms with Gasteiger partial charge in [0.05, 0.1) is 22.9 Å². The maximum Gasteiger partial charge on any atom is 0.265 e. The molecule has 3 amide bonds. The second-order valence-corrected chi connectivity index (χ2v) is 10.1. The third-order valence-electron chi connectivity index (χ3n) is 4.69. The van der Waals surface area contributed by atoms with E-state index in [0.717, 1.165) is 22.5 Å². The molecule has 0 fully saturated rings. The maximum atomic E-state index is 13.2. The minimum absolute atomic E-state index is 0.0799. The summed E-state index contributed by atoms with van der Waals surface area (Å²) in [6.07, 6.45) is 1.04. The van der Waals surface area contributed by atoms with E-state index in [4.69, 9.17) is 9.47 Å². The quantitative estimate of drug-likeness (QED) is 0.691. The van der Waals surface area contributed by atoms with Crippen LogP contribution >= 0.6 is 11.3 Å². The Morgan fingerprint density at radius 1 is 1.20 bits per heavy atom. The molecule has 1 aromatic heterocycles. The summed E-state index contributed by atoms with van der Waals surface area (Å²) in [4.78, 5) is 38.6. The van der Waals surface area contributed by atoms with E-state index in [9.17, 15) is 22.8 Å². The van der Waals surface area contributed by atoms with Gasteiger partial charge >= 0.3 is 0 Å². The van der Waals surface area contributed by atoms with Crippen molar-refractivity contribution in [1.82, 2.24) is 4.90 Å². The monoisotopic (exact) mass is 450 g/mol. The van der Waals surface area contributed by atoms with E-state index in [1.165, 1.54) is 12.3 Å². The van der Waals surface area contributed by atoms with Crippen LogP contribution in [0.2, 0.25) is 0 Å². The van der Waals surface area contributed by atoms with Crippen molar-refractivity contribution in [2.45, 2.75) is 13.0 Å². The highest BCUT2D eigenvalue weighted by Gasteiger charge is 2.44. The molecule has 0 saturated carbocycles. The molecule has 0 spiro atoms. The van der Waals surface area contributed by atoms with Crippen LogP contribution in [0.25, 0.3) is 0 Å². The zero-order chi connectivity index (χ0) is 21.6. The number of nitrogens with one attached hydrogen (secondary N) is 1. The maximum absolute atomic E-state index is 13.2. The molecule has 2 aliphatic heterocycles. The molecule has 0 bridgehead atoms. The molecule has 2 aliphatic rings. The number of imide groups is 1. The Kier molecular flexibility index (Phi) is 5.02. The summed E-state index contributed by atoms with van der Waals surface area (Å²) in [5.41, 5.74) is 0.655. The van der Waals surface area contributed by atoms with Crippen LogP contribution in [-0.2, 0) is 14.6 Å². The number of fused-ring (bicyclic) bond motifs is 2. The van der Waals surface area contributed by atoms with Crippen molar-refractivity contribution in [3.63, 3.8) is 0 Å². The fourth-order valence-electron chi connectivity index (χ4n) is 3.48. The number of nitrogens with zero attached hydrogens (tertiary/aromatic N) is 1. The van der Waals surface area contributed by atoms with Gasteiger partial charge in [-0.2, -0.15) is 0 Å². The van der Waals surface area contributed by atoms with E-state index in [2.05, 4.69) is 5.32 Å². The molecule has 1 aromatic carbocycles. The first-order valence-electron chi connectivity index (χ1n) is 9.00. The molecule has 158 valence electrons. The number of amides is 3. The Morgan fingerprint density at radius 3 is 2.57 bits per heavy atom. The highest BCUT2D eigenvalue weighted by atomic mass is 32.2. The van der Waals surface area contributed by atoms with Crippen LogP contribution in [0.5, 0.6) is 11.5 Å². The number of anilines is 1. The van der Waals surface area contributed by atoms with Crippen molar-refractivity contribution in [1.29, 1.82) is 0 Å². The number of benzene rings is 1. The largest absolute Gasteiger partial charge is 0.486 e. The van der Waals surface area contributed by atoms with Gasteiger partial charge in [-0.15, -0.1) is 11.3 Å². The molecule has 11 heteroatoms. The van der Waals surface area contributed by atoms with Crippen molar-refractivity contribution in [3.05, 3.63) is 40.3 Å². The summed E-state index contributed by atoms with van der Waals surface area (Å²) >= 11 is 1.07. The molecule has 1 atom stereocenters. The first-order chi connectivity index (χ1) is 14.2. The van der Waals surface area contributed by atoms with Crippen molar-refractivity contribution in [2.75, 3.05) is 30.5 Å². The number of hydrogen-bond donors (Lipinski definition) is 1. The molecule has 0 aliphatic carbocycles. The lowest BCUT2D eigenvalue weighted by atomic mass is 10.1. The average Bonchev–Trinajstić information content (AvgIpc) is 3.18. The van der Waals surface area contributed by atoms with Gasteiger partial charge in [-0.25, -0.2) is 8.42 Å². The van der Waals surface area contributed by atoms with Crippen molar-refractivity contribution < 1.29 is 32.3 Å². The number of rotatable bonds is 5. The number of sulfone groups is 1. The van der Waals surface area contributed by atoms with Crippen LogP contribution in [-0.4, -0.2) is 56.3 Å². The summed E-state index contributed by atoms with van der Waals surface area (Å²) in [6, 6.07) is 3.77. The molecule has 1 N–H and O–H groups in total. The summed E-state index contributed by atoms with van der Waals surface area (Å²) in [5, 5.41) is 4.30. The normalized spacial score (nSPS) is 16.4. The number of hydrogen-bond acceptors (Lipinski definition) is 8. The third-order valence-corrected chi connectivity index (χ3v) is 6.50. The second-order valence-electron chi connectivity index (χ2n) is 7.03. The first-order valence-corrected chi connectivity index (χ1v) is 11.9. The molecule has 9 nitrogen and oxygen atoms in total. The van der Waals surface area contributed by atoms with Crippen molar-refractivity contribution in [3.8, 4) is 11.5 Å².